The fraction of sp³-hybridized carbons (Fsp3) is 0.579. The van der Waals surface area contributed by atoms with Crippen LogP contribution in [0.15, 0.2) is 29.3 Å². The average molecular weight is 380 g/mol. The average Bonchev–Trinajstić information content (AvgIpc) is 3.05. The van der Waals surface area contributed by atoms with Gasteiger partial charge in [0.15, 0.2) is 5.96 Å². The third kappa shape index (κ3) is 6.41. The van der Waals surface area contributed by atoms with Gasteiger partial charge in [0.1, 0.15) is 6.54 Å². The lowest BCUT2D eigenvalue weighted by molar-refractivity contribution is -0.127. The summed E-state index contributed by atoms with van der Waals surface area (Å²) in [5.74, 6) is 1.19. The summed E-state index contributed by atoms with van der Waals surface area (Å²) in [6, 6.07) is 8.21. The number of guanidine groups is 1. The van der Waals surface area contributed by atoms with Crippen molar-refractivity contribution in [2.45, 2.75) is 26.3 Å². The molecule has 0 saturated carbocycles. The lowest BCUT2D eigenvalue weighted by Gasteiger charge is -2.21. The summed E-state index contributed by atoms with van der Waals surface area (Å²) in [5.41, 5.74) is 1.14. The summed E-state index contributed by atoms with van der Waals surface area (Å²) < 4.78 is 0. The van der Waals surface area contributed by atoms with Gasteiger partial charge < -0.3 is 20.4 Å². The zero-order valence-corrected chi connectivity index (χ0v) is 16.9. The molecule has 1 aliphatic heterocycles. The van der Waals surface area contributed by atoms with Crippen LogP contribution in [0.3, 0.4) is 0 Å². The third-order valence-corrected chi connectivity index (χ3v) is 4.49. The van der Waals surface area contributed by atoms with Crippen molar-refractivity contribution in [3.8, 4) is 0 Å². The van der Waals surface area contributed by atoms with E-state index >= 15 is 0 Å². The molecule has 1 heterocycles. The summed E-state index contributed by atoms with van der Waals surface area (Å²) in [5, 5.41) is 7.56. The van der Waals surface area contributed by atoms with E-state index in [9.17, 15) is 4.79 Å². The molecule has 1 fully saturated rings. The van der Waals surface area contributed by atoms with Crippen molar-refractivity contribution in [3.63, 3.8) is 0 Å². The van der Waals surface area contributed by atoms with Gasteiger partial charge in [0.05, 0.1) is 0 Å². The smallest absolute Gasteiger partial charge is 0.243 e. The molecule has 6 nitrogen and oxygen atoms in total. The predicted octanol–water partition coefficient (Wildman–Crippen LogP) is 2.20. The molecule has 0 radical (unpaired) electrons. The van der Waals surface area contributed by atoms with Crippen LogP contribution in [0.1, 0.15) is 20.3 Å². The number of hydrogen-bond donors (Lipinski definition) is 2. The molecule has 7 heteroatoms. The van der Waals surface area contributed by atoms with Gasteiger partial charge in [-0.15, -0.1) is 0 Å². The van der Waals surface area contributed by atoms with Crippen LogP contribution in [0.25, 0.3) is 0 Å². The maximum Gasteiger partial charge on any atom is 0.243 e. The number of hydrogen-bond acceptors (Lipinski definition) is 3. The lowest BCUT2D eigenvalue weighted by atomic mass is 10.2. The molecule has 0 bridgehead atoms. The second-order valence-corrected chi connectivity index (χ2v) is 7.72. The van der Waals surface area contributed by atoms with Crippen molar-refractivity contribution in [1.82, 2.24) is 15.5 Å². The van der Waals surface area contributed by atoms with Gasteiger partial charge in [-0.1, -0.05) is 31.5 Å². The molecule has 1 aromatic carbocycles. The Morgan fingerprint density at radius 3 is 2.85 bits per heavy atom. The number of nitrogens with one attached hydrogen (secondary N) is 2. The Bertz CT molecular complexity index is 632. The van der Waals surface area contributed by atoms with Gasteiger partial charge in [-0.2, -0.15) is 0 Å². The Hall–Kier alpha value is -1.95. The van der Waals surface area contributed by atoms with E-state index in [-0.39, 0.29) is 18.5 Å². The van der Waals surface area contributed by atoms with Gasteiger partial charge in [-0.3, -0.25) is 4.79 Å². The molecule has 2 N–H and O–H groups in total. The van der Waals surface area contributed by atoms with E-state index in [2.05, 4.69) is 40.4 Å². The molecule has 1 aromatic rings. The second-order valence-electron chi connectivity index (χ2n) is 7.28. The molecule has 1 saturated heterocycles. The molecule has 1 amide bonds. The topological polar surface area (TPSA) is 60.0 Å². The molecule has 2 rings (SSSR count). The maximum absolute atomic E-state index is 11.8. The molecule has 1 atom stereocenters. The lowest BCUT2D eigenvalue weighted by Crippen LogP contribution is -2.46. The van der Waals surface area contributed by atoms with E-state index in [1.165, 1.54) is 0 Å². The number of benzene rings is 1. The number of amides is 1. The van der Waals surface area contributed by atoms with Gasteiger partial charge in [-0.05, 0) is 30.5 Å². The Morgan fingerprint density at radius 1 is 1.42 bits per heavy atom. The molecular weight excluding hydrogens is 350 g/mol. The largest absolute Gasteiger partial charge is 0.369 e. The molecule has 0 spiro atoms. The third-order valence-electron chi connectivity index (χ3n) is 4.25. The van der Waals surface area contributed by atoms with Crippen LogP contribution in [-0.2, 0) is 4.79 Å². The van der Waals surface area contributed by atoms with E-state index < -0.39 is 0 Å². The van der Waals surface area contributed by atoms with Crippen molar-refractivity contribution in [3.05, 3.63) is 29.3 Å². The van der Waals surface area contributed by atoms with Crippen LogP contribution in [0, 0.1) is 5.92 Å². The Kier molecular flexibility index (Phi) is 7.57. The first-order valence-electron chi connectivity index (χ1n) is 9.10. The van der Waals surface area contributed by atoms with Crippen LogP contribution < -0.4 is 15.5 Å². The number of aliphatic imine (C=N–C) groups is 1. The number of anilines is 1. The van der Waals surface area contributed by atoms with Crippen LogP contribution in [0.5, 0.6) is 0 Å². The monoisotopic (exact) mass is 379 g/mol. The van der Waals surface area contributed by atoms with Crippen LogP contribution in [0.4, 0.5) is 5.69 Å². The van der Waals surface area contributed by atoms with E-state index in [4.69, 9.17) is 11.6 Å². The van der Waals surface area contributed by atoms with Gasteiger partial charge in [0.2, 0.25) is 5.91 Å². The van der Waals surface area contributed by atoms with Crippen LogP contribution >= 0.6 is 11.6 Å². The number of nitrogens with zero attached hydrogens (tertiary/aromatic N) is 3. The van der Waals surface area contributed by atoms with Gasteiger partial charge in [0.25, 0.3) is 0 Å². The quantitative estimate of drug-likeness (QED) is 0.587. The number of carbonyl (C=O) groups is 1. The standard InChI is InChI=1S/C19H30ClN5O/c1-14(2)11-21-19(22-12-18(26)24(3)4)23-16-8-9-25(13-16)17-7-5-6-15(20)10-17/h5-7,10,14,16H,8-9,11-13H2,1-4H3,(H2,21,22,23). The van der Waals surface area contributed by atoms with Gasteiger partial charge in [-0.25, -0.2) is 4.99 Å². The van der Waals surface area contributed by atoms with E-state index in [1.807, 2.05) is 18.2 Å². The normalized spacial score (nSPS) is 17.5. The highest BCUT2D eigenvalue weighted by Crippen LogP contribution is 2.23. The SMILES string of the molecule is CC(C)CNC(=NCC(=O)N(C)C)NC1CCN(c2cccc(Cl)c2)C1. The van der Waals surface area contributed by atoms with Crippen molar-refractivity contribution in [2.75, 3.05) is 45.2 Å². The van der Waals surface area contributed by atoms with Crippen LogP contribution in [-0.4, -0.2) is 63.1 Å². The highest BCUT2D eigenvalue weighted by molar-refractivity contribution is 6.30. The summed E-state index contributed by atoms with van der Waals surface area (Å²) >= 11 is 6.10. The summed E-state index contributed by atoms with van der Waals surface area (Å²) in [4.78, 5) is 20.2. The van der Waals surface area contributed by atoms with Crippen molar-refractivity contribution in [2.24, 2.45) is 10.9 Å². The molecule has 144 valence electrons. The molecular formula is C19H30ClN5O. The first-order chi connectivity index (χ1) is 12.3. The van der Waals surface area contributed by atoms with Crippen molar-refractivity contribution in [1.29, 1.82) is 0 Å². The maximum atomic E-state index is 11.8. The van der Waals surface area contributed by atoms with Gasteiger partial charge >= 0.3 is 0 Å². The summed E-state index contributed by atoms with van der Waals surface area (Å²) in [6.07, 6.45) is 1.01. The van der Waals surface area contributed by atoms with E-state index in [0.29, 0.717) is 11.9 Å². The van der Waals surface area contributed by atoms with E-state index in [0.717, 1.165) is 36.8 Å². The zero-order chi connectivity index (χ0) is 19.1. The van der Waals surface area contributed by atoms with Gasteiger partial charge in [0, 0.05) is 50.5 Å². The molecule has 0 aliphatic carbocycles. The molecule has 1 unspecified atom stereocenters. The molecule has 1 aliphatic rings. The fourth-order valence-corrected chi connectivity index (χ4v) is 2.90. The number of carbonyl (C=O) groups excluding carboxylic acids is 1. The Balaban J connectivity index is 1.96. The fourth-order valence-electron chi connectivity index (χ4n) is 2.72. The minimum atomic E-state index is -0.0115. The Morgan fingerprint density at radius 2 is 2.19 bits per heavy atom. The van der Waals surface area contributed by atoms with Crippen molar-refractivity contribution >= 4 is 29.2 Å². The number of likely N-dealkylation sites (N-methyl/N-ethyl adjacent to an activating group) is 1. The summed E-state index contributed by atoms with van der Waals surface area (Å²) in [7, 11) is 3.48. The number of halogens is 1. The highest BCUT2D eigenvalue weighted by Gasteiger charge is 2.23. The molecule has 26 heavy (non-hydrogen) atoms. The summed E-state index contributed by atoms with van der Waals surface area (Å²) in [6.45, 7) is 7.09. The first-order valence-corrected chi connectivity index (χ1v) is 9.48. The predicted molar refractivity (Wildman–Crippen MR) is 109 cm³/mol. The zero-order valence-electron chi connectivity index (χ0n) is 16.1. The van der Waals surface area contributed by atoms with Crippen molar-refractivity contribution < 1.29 is 4.79 Å². The first kappa shape index (κ1) is 20.4. The highest BCUT2D eigenvalue weighted by atomic mass is 35.5. The second kappa shape index (κ2) is 9.67. The van der Waals surface area contributed by atoms with Crippen LogP contribution in [0.2, 0.25) is 5.02 Å². The minimum absolute atomic E-state index is 0.0115. The molecule has 0 aromatic heterocycles. The van der Waals surface area contributed by atoms with E-state index in [1.54, 1.807) is 19.0 Å². The number of rotatable bonds is 6. The minimum Gasteiger partial charge on any atom is -0.369 e. The Labute approximate surface area is 161 Å².